The molecule has 1 nitrogen and oxygen atoms in total. The maximum atomic E-state index is 3.50. The fourth-order valence-corrected chi connectivity index (χ4v) is 2.23. The Labute approximate surface area is 88.7 Å². The third-order valence-electron chi connectivity index (χ3n) is 3.01. The minimum absolute atomic E-state index is 1.07. The second-order valence-electron chi connectivity index (χ2n) is 3.86. The van der Waals surface area contributed by atoms with Crippen LogP contribution >= 0.6 is 0 Å². The smallest absolute Gasteiger partial charge is 0.0497 e. The molecule has 1 aromatic heterocycles. The molecule has 74 valence electrons. The minimum atomic E-state index is 1.07. The highest BCUT2D eigenvalue weighted by Crippen LogP contribution is 2.27. The van der Waals surface area contributed by atoms with Crippen LogP contribution in [0.5, 0.6) is 0 Å². The van der Waals surface area contributed by atoms with E-state index in [9.17, 15) is 0 Å². The van der Waals surface area contributed by atoms with Crippen molar-refractivity contribution in [3.63, 3.8) is 0 Å². The summed E-state index contributed by atoms with van der Waals surface area (Å²) in [5, 5.41) is 2.66. The van der Waals surface area contributed by atoms with E-state index in [2.05, 4.69) is 54.4 Å². The second kappa shape index (κ2) is 3.13. The van der Waals surface area contributed by atoms with Gasteiger partial charge >= 0.3 is 0 Å². The van der Waals surface area contributed by atoms with Gasteiger partial charge in [0.15, 0.2) is 0 Å². The monoisotopic (exact) mass is 195 g/mol. The predicted molar refractivity (Wildman–Crippen MR) is 65.2 cm³/mol. The van der Waals surface area contributed by atoms with Gasteiger partial charge in [-0.3, -0.25) is 0 Å². The third kappa shape index (κ3) is 1.16. The van der Waals surface area contributed by atoms with Crippen molar-refractivity contribution in [1.82, 2.24) is 4.98 Å². The van der Waals surface area contributed by atoms with Crippen LogP contribution in [-0.4, -0.2) is 4.98 Å². The summed E-state index contributed by atoms with van der Waals surface area (Å²) in [4.78, 5) is 3.50. The molecule has 0 aliphatic carbocycles. The van der Waals surface area contributed by atoms with Crippen LogP contribution in [0.4, 0.5) is 0 Å². The lowest BCUT2D eigenvalue weighted by molar-refractivity contribution is 1.15. The van der Waals surface area contributed by atoms with Crippen molar-refractivity contribution in [2.24, 2.45) is 0 Å². The lowest BCUT2D eigenvalue weighted by atomic mass is 10.1. The van der Waals surface area contributed by atoms with Crippen LogP contribution in [0.15, 0.2) is 42.5 Å². The van der Waals surface area contributed by atoms with E-state index in [0.29, 0.717) is 0 Å². The van der Waals surface area contributed by atoms with Crippen molar-refractivity contribution in [3.05, 3.63) is 48.0 Å². The summed E-state index contributed by atoms with van der Waals surface area (Å²) in [6.07, 6.45) is 1.07. The predicted octanol–water partition coefficient (Wildman–Crippen LogP) is 3.88. The van der Waals surface area contributed by atoms with Gasteiger partial charge in [-0.15, -0.1) is 0 Å². The molecule has 0 amide bonds. The number of aryl methyl sites for hydroxylation is 1. The van der Waals surface area contributed by atoms with Crippen molar-refractivity contribution in [3.8, 4) is 0 Å². The van der Waals surface area contributed by atoms with E-state index in [1.807, 2.05) is 0 Å². The molecule has 3 rings (SSSR count). The van der Waals surface area contributed by atoms with E-state index < -0.39 is 0 Å². The van der Waals surface area contributed by atoms with Gasteiger partial charge in [-0.05, 0) is 18.1 Å². The van der Waals surface area contributed by atoms with Crippen LogP contribution in [0, 0.1) is 0 Å². The quantitative estimate of drug-likeness (QED) is 0.606. The molecule has 3 aromatic rings. The summed E-state index contributed by atoms with van der Waals surface area (Å²) in [7, 11) is 0. The van der Waals surface area contributed by atoms with Crippen molar-refractivity contribution in [1.29, 1.82) is 0 Å². The van der Waals surface area contributed by atoms with Gasteiger partial charge in [0.05, 0.1) is 0 Å². The van der Waals surface area contributed by atoms with E-state index in [1.54, 1.807) is 0 Å². The van der Waals surface area contributed by atoms with Gasteiger partial charge in [0.2, 0.25) is 0 Å². The van der Waals surface area contributed by atoms with Crippen molar-refractivity contribution in [2.75, 3.05) is 0 Å². The first-order valence-electron chi connectivity index (χ1n) is 5.38. The maximum Gasteiger partial charge on any atom is 0.0497 e. The summed E-state index contributed by atoms with van der Waals surface area (Å²) in [5.74, 6) is 0. The Morgan fingerprint density at radius 2 is 1.73 bits per heavy atom. The molecule has 2 aromatic carbocycles. The van der Waals surface area contributed by atoms with E-state index in [-0.39, 0.29) is 0 Å². The number of fused-ring (bicyclic) bond motifs is 3. The van der Waals surface area contributed by atoms with Gasteiger partial charge in [0.1, 0.15) is 0 Å². The average molecular weight is 195 g/mol. The molecule has 0 bridgehead atoms. The van der Waals surface area contributed by atoms with E-state index in [4.69, 9.17) is 0 Å². The van der Waals surface area contributed by atoms with Gasteiger partial charge < -0.3 is 4.98 Å². The number of hydrogen-bond acceptors (Lipinski definition) is 0. The summed E-state index contributed by atoms with van der Waals surface area (Å²) >= 11 is 0. The van der Waals surface area contributed by atoms with Crippen LogP contribution in [0.3, 0.4) is 0 Å². The Balaban J connectivity index is 2.53. The first-order chi connectivity index (χ1) is 7.40. The molecule has 0 atom stereocenters. The minimum Gasteiger partial charge on any atom is -0.354 e. The van der Waals surface area contributed by atoms with Gasteiger partial charge in [0, 0.05) is 21.8 Å². The largest absolute Gasteiger partial charge is 0.354 e. The topological polar surface area (TPSA) is 15.8 Å². The van der Waals surface area contributed by atoms with Gasteiger partial charge in [-0.1, -0.05) is 43.3 Å². The summed E-state index contributed by atoms with van der Waals surface area (Å²) in [6.45, 7) is 2.19. The SMILES string of the molecule is CCc1cccc2c1[nH]c1ccccc12. The summed E-state index contributed by atoms with van der Waals surface area (Å²) in [6, 6.07) is 15.0. The van der Waals surface area contributed by atoms with E-state index in [1.165, 1.54) is 27.4 Å². The van der Waals surface area contributed by atoms with Gasteiger partial charge in [-0.2, -0.15) is 0 Å². The molecule has 0 radical (unpaired) electrons. The highest BCUT2D eigenvalue weighted by atomic mass is 14.7. The molecule has 15 heavy (non-hydrogen) atoms. The zero-order valence-electron chi connectivity index (χ0n) is 8.75. The van der Waals surface area contributed by atoms with Crippen molar-refractivity contribution >= 4 is 21.8 Å². The molecule has 0 fully saturated rings. The molecular formula is C14H13N. The van der Waals surface area contributed by atoms with Gasteiger partial charge in [-0.25, -0.2) is 0 Å². The summed E-state index contributed by atoms with van der Waals surface area (Å²) < 4.78 is 0. The molecule has 1 N–H and O–H groups in total. The second-order valence-corrected chi connectivity index (χ2v) is 3.86. The summed E-state index contributed by atoms with van der Waals surface area (Å²) in [5.41, 5.74) is 3.92. The Hall–Kier alpha value is -1.76. The number of hydrogen-bond donors (Lipinski definition) is 1. The number of rotatable bonds is 1. The maximum absolute atomic E-state index is 3.50. The highest BCUT2D eigenvalue weighted by Gasteiger charge is 2.05. The molecule has 1 heterocycles. The standard InChI is InChI=1S/C14H13N/c1-2-10-6-5-8-12-11-7-3-4-9-13(11)15-14(10)12/h3-9,15H,2H2,1H3. The molecule has 0 aliphatic heterocycles. The number of nitrogens with one attached hydrogen (secondary N) is 1. The fraction of sp³-hybridized carbons (Fsp3) is 0.143. The van der Waals surface area contributed by atoms with Crippen LogP contribution in [0.2, 0.25) is 0 Å². The van der Waals surface area contributed by atoms with Crippen LogP contribution in [0.25, 0.3) is 21.8 Å². The number of para-hydroxylation sites is 2. The Morgan fingerprint density at radius 1 is 0.933 bits per heavy atom. The van der Waals surface area contributed by atoms with Crippen LogP contribution < -0.4 is 0 Å². The fourth-order valence-electron chi connectivity index (χ4n) is 2.23. The highest BCUT2D eigenvalue weighted by molar-refractivity contribution is 6.08. The number of aromatic nitrogens is 1. The van der Waals surface area contributed by atoms with Crippen LogP contribution in [-0.2, 0) is 6.42 Å². The molecule has 1 heteroatoms. The van der Waals surface area contributed by atoms with Crippen molar-refractivity contribution in [2.45, 2.75) is 13.3 Å². The van der Waals surface area contributed by atoms with E-state index in [0.717, 1.165) is 6.42 Å². The number of benzene rings is 2. The normalized spacial score (nSPS) is 11.3. The third-order valence-corrected chi connectivity index (χ3v) is 3.01. The first kappa shape index (κ1) is 8.54. The Bertz CT molecular complexity index is 619. The number of H-pyrrole nitrogens is 1. The lowest BCUT2D eigenvalue weighted by Crippen LogP contribution is -1.80. The van der Waals surface area contributed by atoms with Crippen molar-refractivity contribution < 1.29 is 0 Å². The van der Waals surface area contributed by atoms with E-state index >= 15 is 0 Å². The van der Waals surface area contributed by atoms with Gasteiger partial charge in [0.25, 0.3) is 0 Å². The number of aromatic amines is 1. The molecule has 0 spiro atoms. The molecule has 0 saturated carbocycles. The molecule has 0 unspecified atom stereocenters. The average Bonchev–Trinajstić information content (AvgIpc) is 2.67. The molecular weight excluding hydrogens is 182 g/mol. The zero-order chi connectivity index (χ0) is 10.3. The molecule has 0 saturated heterocycles. The zero-order valence-corrected chi connectivity index (χ0v) is 8.75. The Morgan fingerprint density at radius 3 is 2.60 bits per heavy atom. The Kier molecular flexibility index (Phi) is 1.78. The molecule has 0 aliphatic rings. The first-order valence-corrected chi connectivity index (χ1v) is 5.38. The van der Waals surface area contributed by atoms with Crippen LogP contribution in [0.1, 0.15) is 12.5 Å². The lowest BCUT2D eigenvalue weighted by Gasteiger charge is -1.97.